The van der Waals surface area contributed by atoms with Gasteiger partial charge in [0.05, 0.1) is 17.1 Å². The Morgan fingerprint density at radius 1 is 1.41 bits per heavy atom. The predicted octanol–water partition coefficient (Wildman–Crippen LogP) is 2.52. The van der Waals surface area contributed by atoms with E-state index in [0.29, 0.717) is 6.54 Å². The molecule has 0 saturated heterocycles. The maximum Gasteiger partial charge on any atom is 0.163 e. The van der Waals surface area contributed by atoms with Crippen LogP contribution in [0.2, 0.25) is 0 Å². The van der Waals surface area contributed by atoms with Gasteiger partial charge in [0.15, 0.2) is 11.6 Å². The van der Waals surface area contributed by atoms with Crippen LogP contribution in [0.5, 0.6) is 0 Å². The molecule has 1 unspecified atom stereocenters. The summed E-state index contributed by atoms with van der Waals surface area (Å²) in [5, 5.41) is 6.81. The smallest absolute Gasteiger partial charge is 0.163 e. The second-order valence-corrected chi connectivity index (χ2v) is 4.27. The van der Waals surface area contributed by atoms with Crippen LogP contribution in [0.1, 0.15) is 23.4 Å². The van der Waals surface area contributed by atoms with Crippen molar-refractivity contribution in [3.05, 3.63) is 46.5 Å². The van der Waals surface area contributed by atoms with Crippen molar-refractivity contribution in [1.82, 2.24) is 14.9 Å². The van der Waals surface area contributed by atoms with E-state index in [9.17, 15) is 8.78 Å². The lowest BCUT2D eigenvalue weighted by molar-refractivity contribution is 0.484. The molecule has 2 rings (SSSR count). The Hall–Kier alpha value is -1.40. The van der Waals surface area contributed by atoms with Gasteiger partial charge in [-0.15, -0.1) is 5.10 Å². The Bertz CT molecular complexity index is 487. The zero-order chi connectivity index (χ0) is 12.3. The molecule has 6 heteroatoms. The van der Waals surface area contributed by atoms with E-state index in [1.807, 2.05) is 6.92 Å². The first-order valence-corrected chi connectivity index (χ1v) is 5.96. The third-order valence-electron chi connectivity index (χ3n) is 2.36. The summed E-state index contributed by atoms with van der Waals surface area (Å²) in [5.74, 6) is -1.67. The average molecular weight is 255 g/mol. The van der Waals surface area contributed by atoms with E-state index < -0.39 is 17.7 Å². The molecule has 17 heavy (non-hydrogen) atoms. The monoisotopic (exact) mass is 255 g/mol. The molecule has 90 valence electrons. The standard InChI is InChI=1S/C11H11F2N3S/c1-2-14-11(9-6-15-16-17-9)7-4-3-5-8(12)10(7)13/h3-6,11,14H,2H2,1H3. The van der Waals surface area contributed by atoms with Crippen molar-refractivity contribution in [3.63, 3.8) is 0 Å². The van der Waals surface area contributed by atoms with Crippen LogP contribution < -0.4 is 5.32 Å². The van der Waals surface area contributed by atoms with Gasteiger partial charge in [0.1, 0.15) is 0 Å². The molecule has 1 heterocycles. The van der Waals surface area contributed by atoms with Crippen LogP contribution in [0.3, 0.4) is 0 Å². The van der Waals surface area contributed by atoms with Gasteiger partial charge in [-0.2, -0.15) is 0 Å². The zero-order valence-electron chi connectivity index (χ0n) is 9.15. The van der Waals surface area contributed by atoms with Gasteiger partial charge in [-0.05, 0) is 24.1 Å². The van der Waals surface area contributed by atoms with Crippen molar-refractivity contribution >= 4 is 11.5 Å². The normalized spacial score (nSPS) is 12.6. The Kier molecular flexibility index (Phi) is 3.75. The number of aromatic nitrogens is 2. The van der Waals surface area contributed by atoms with E-state index in [1.165, 1.54) is 17.6 Å². The van der Waals surface area contributed by atoms with Gasteiger partial charge in [-0.3, -0.25) is 0 Å². The van der Waals surface area contributed by atoms with Crippen LogP contribution in [0.15, 0.2) is 24.4 Å². The van der Waals surface area contributed by atoms with Crippen LogP contribution >= 0.6 is 11.5 Å². The Morgan fingerprint density at radius 2 is 2.24 bits per heavy atom. The molecule has 0 saturated carbocycles. The SMILES string of the molecule is CCNC(c1cnns1)c1cccc(F)c1F. The van der Waals surface area contributed by atoms with E-state index in [1.54, 1.807) is 12.3 Å². The zero-order valence-corrected chi connectivity index (χ0v) is 9.97. The van der Waals surface area contributed by atoms with Crippen molar-refractivity contribution < 1.29 is 8.78 Å². The molecule has 0 bridgehead atoms. The fourth-order valence-corrected chi connectivity index (χ4v) is 2.21. The van der Waals surface area contributed by atoms with Crippen LogP contribution in [0.4, 0.5) is 8.78 Å². The Balaban J connectivity index is 2.43. The number of nitrogens with one attached hydrogen (secondary N) is 1. The second kappa shape index (κ2) is 5.29. The fourth-order valence-electron chi connectivity index (χ4n) is 1.61. The first-order valence-electron chi connectivity index (χ1n) is 5.18. The largest absolute Gasteiger partial charge is 0.306 e. The lowest BCUT2D eigenvalue weighted by atomic mass is 10.0. The fraction of sp³-hybridized carbons (Fsp3) is 0.273. The Labute approximate surface area is 102 Å². The van der Waals surface area contributed by atoms with E-state index >= 15 is 0 Å². The average Bonchev–Trinajstić information content (AvgIpc) is 2.84. The summed E-state index contributed by atoms with van der Waals surface area (Å²) < 4.78 is 30.6. The summed E-state index contributed by atoms with van der Waals surface area (Å²) >= 11 is 1.17. The van der Waals surface area contributed by atoms with E-state index in [0.717, 1.165) is 10.9 Å². The minimum Gasteiger partial charge on any atom is -0.306 e. The molecule has 0 radical (unpaired) electrons. The van der Waals surface area contributed by atoms with E-state index in [-0.39, 0.29) is 5.56 Å². The summed E-state index contributed by atoms with van der Waals surface area (Å²) in [4.78, 5) is 0.761. The van der Waals surface area contributed by atoms with Crippen molar-refractivity contribution in [2.75, 3.05) is 6.54 Å². The number of halogens is 2. The van der Waals surface area contributed by atoms with Gasteiger partial charge in [-0.1, -0.05) is 23.5 Å². The summed E-state index contributed by atoms with van der Waals surface area (Å²) in [6.07, 6.45) is 1.56. The van der Waals surface area contributed by atoms with Crippen LogP contribution in [0, 0.1) is 11.6 Å². The van der Waals surface area contributed by atoms with Gasteiger partial charge < -0.3 is 5.32 Å². The van der Waals surface area contributed by atoms with Crippen molar-refractivity contribution in [3.8, 4) is 0 Å². The van der Waals surface area contributed by atoms with Crippen LogP contribution in [-0.2, 0) is 0 Å². The molecular formula is C11H11F2N3S. The third-order valence-corrected chi connectivity index (χ3v) is 3.09. The number of rotatable bonds is 4. The van der Waals surface area contributed by atoms with Crippen LogP contribution in [-0.4, -0.2) is 16.1 Å². The summed E-state index contributed by atoms with van der Waals surface area (Å²) in [6.45, 7) is 2.54. The maximum absolute atomic E-state index is 13.7. The first kappa shape index (κ1) is 12.1. The molecule has 0 spiro atoms. The Morgan fingerprint density at radius 3 is 2.88 bits per heavy atom. The molecule has 1 aromatic carbocycles. The maximum atomic E-state index is 13.7. The highest BCUT2D eigenvalue weighted by Crippen LogP contribution is 2.26. The lowest BCUT2D eigenvalue weighted by Gasteiger charge is -2.16. The van der Waals surface area contributed by atoms with E-state index in [4.69, 9.17) is 0 Å². The topological polar surface area (TPSA) is 37.8 Å². The lowest BCUT2D eigenvalue weighted by Crippen LogP contribution is -2.22. The third kappa shape index (κ3) is 2.48. The molecule has 1 aromatic heterocycles. The minimum atomic E-state index is -0.845. The van der Waals surface area contributed by atoms with Crippen LogP contribution in [0.25, 0.3) is 0 Å². The highest BCUT2D eigenvalue weighted by molar-refractivity contribution is 7.05. The van der Waals surface area contributed by atoms with Crippen molar-refractivity contribution in [2.24, 2.45) is 0 Å². The quantitative estimate of drug-likeness (QED) is 0.912. The van der Waals surface area contributed by atoms with Crippen molar-refractivity contribution in [2.45, 2.75) is 13.0 Å². The summed E-state index contributed by atoms with van der Waals surface area (Å²) in [5.41, 5.74) is 0.276. The molecule has 0 aliphatic carbocycles. The molecule has 1 N–H and O–H groups in total. The number of nitrogens with zero attached hydrogens (tertiary/aromatic N) is 2. The molecule has 0 aliphatic heterocycles. The van der Waals surface area contributed by atoms with Gasteiger partial charge in [-0.25, -0.2) is 8.78 Å². The summed E-state index contributed by atoms with van der Waals surface area (Å²) in [7, 11) is 0. The molecule has 0 aliphatic rings. The van der Waals surface area contributed by atoms with Crippen molar-refractivity contribution in [1.29, 1.82) is 0 Å². The first-order chi connectivity index (χ1) is 8.24. The number of hydrogen-bond donors (Lipinski definition) is 1. The predicted molar refractivity (Wildman–Crippen MR) is 61.8 cm³/mol. The molecule has 0 fully saturated rings. The molecule has 3 nitrogen and oxygen atoms in total. The molecule has 1 atom stereocenters. The van der Waals surface area contributed by atoms with E-state index in [2.05, 4.69) is 14.9 Å². The van der Waals surface area contributed by atoms with Gasteiger partial charge in [0.2, 0.25) is 0 Å². The molecule has 0 amide bonds. The highest BCUT2D eigenvalue weighted by Gasteiger charge is 2.20. The molecular weight excluding hydrogens is 244 g/mol. The summed E-state index contributed by atoms with van der Waals surface area (Å²) in [6, 6.07) is 3.75. The number of hydrogen-bond acceptors (Lipinski definition) is 4. The number of benzene rings is 1. The highest BCUT2D eigenvalue weighted by atomic mass is 32.1. The van der Waals surface area contributed by atoms with Gasteiger partial charge in [0.25, 0.3) is 0 Å². The molecule has 2 aromatic rings. The second-order valence-electron chi connectivity index (χ2n) is 3.45. The minimum absolute atomic E-state index is 0.276. The van der Waals surface area contributed by atoms with Gasteiger partial charge >= 0.3 is 0 Å². The van der Waals surface area contributed by atoms with Gasteiger partial charge in [0, 0.05) is 5.56 Å².